The number of carbonyl (C=O) groups is 1. The van der Waals surface area contributed by atoms with Gasteiger partial charge in [-0.1, -0.05) is 11.6 Å². The normalized spacial score (nSPS) is 17.8. The van der Waals surface area contributed by atoms with Gasteiger partial charge in [0, 0.05) is 30.2 Å². The number of nitrogens with zero attached hydrogens (tertiary/aromatic N) is 2. The number of halogens is 1. The average Bonchev–Trinajstić information content (AvgIpc) is 2.55. The summed E-state index contributed by atoms with van der Waals surface area (Å²) in [4.78, 5) is 24.5. The van der Waals surface area contributed by atoms with E-state index < -0.39 is 4.92 Å². The Kier molecular flexibility index (Phi) is 6.18. The van der Waals surface area contributed by atoms with E-state index in [1.807, 2.05) is 0 Å². The van der Waals surface area contributed by atoms with Crippen molar-refractivity contribution in [1.82, 2.24) is 4.90 Å². The molecule has 8 heteroatoms. The number of amides is 1. The van der Waals surface area contributed by atoms with Gasteiger partial charge in [-0.3, -0.25) is 14.9 Å². The van der Waals surface area contributed by atoms with Gasteiger partial charge in [-0.25, -0.2) is 0 Å². The smallest absolute Gasteiger partial charge is 0.312 e. The molecule has 1 unspecified atom stereocenters. The van der Waals surface area contributed by atoms with Crippen LogP contribution in [0.4, 0.5) is 5.69 Å². The van der Waals surface area contributed by atoms with Crippen molar-refractivity contribution in [3.63, 3.8) is 0 Å². The van der Waals surface area contributed by atoms with Gasteiger partial charge in [0.25, 0.3) is 0 Å². The highest BCUT2D eigenvalue weighted by atomic mass is 35.5. The highest BCUT2D eigenvalue weighted by molar-refractivity contribution is 6.30. The second-order valence-corrected chi connectivity index (χ2v) is 5.88. The maximum absolute atomic E-state index is 12.3. The van der Waals surface area contributed by atoms with Crippen LogP contribution in [-0.2, 0) is 4.79 Å². The summed E-state index contributed by atoms with van der Waals surface area (Å²) in [6, 6.07) is 4.27. The molecule has 1 aliphatic rings. The van der Waals surface area contributed by atoms with Gasteiger partial charge >= 0.3 is 5.69 Å². The van der Waals surface area contributed by atoms with E-state index in [4.69, 9.17) is 22.1 Å². The molecule has 0 spiro atoms. The van der Waals surface area contributed by atoms with Crippen molar-refractivity contribution < 1.29 is 14.5 Å². The molecule has 126 valence electrons. The lowest BCUT2D eigenvalue weighted by atomic mass is 10.0. The molecule has 0 radical (unpaired) electrons. The van der Waals surface area contributed by atoms with Crippen LogP contribution in [0, 0.1) is 10.1 Å². The van der Waals surface area contributed by atoms with Gasteiger partial charge in [-0.2, -0.15) is 0 Å². The van der Waals surface area contributed by atoms with Gasteiger partial charge in [0.15, 0.2) is 5.75 Å². The zero-order valence-corrected chi connectivity index (χ0v) is 13.5. The third-order valence-electron chi connectivity index (χ3n) is 3.91. The molecule has 1 saturated heterocycles. The molecule has 0 aliphatic carbocycles. The van der Waals surface area contributed by atoms with E-state index in [1.165, 1.54) is 18.2 Å². The van der Waals surface area contributed by atoms with Gasteiger partial charge in [0.05, 0.1) is 18.0 Å². The van der Waals surface area contributed by atoms with Crippen LogP contribution in [-0.4, -0.2) is 41.5 Å². The second kappa shape index (κ2) is 8.12. The lowest BCUT2D eigenvalue weighted by Crippen LogP contribution is -2.47. The van der Waals surface area contributed by atoms with Gasteiger partial charge in [-0.05, 0) is 31.4 Å². The molecule has 1 amide bonds. The van der Waals surface area contributed by atoms with E-state index in [0.29, 0.717) is 13.1 Å². The number of piperidine rings is 1. The maximum Gasteiger partial charge on any atom is 0.312 e. The van der Waals surface area contributed by atoms with Crippen molar-refractivity contribution in [2.24, 2.45) is 5.73 Å². The summed E-state index contributed by atoms with van der Waals surface area (Å²) in [5, 5.41) is 11.2. The van der Waals surface area contributed by atoms with E-state index in [0.717, 1.165) is 19.3 Å². The first-order valence-electron chi connectivity index (χ1n) is 7.59. The number of hydrogen-bond donors (Lipinski definition) is 1. The molecule has 1 fully saturated rings. The third-order valence-corrected chi connectivity index (χ3v) is 4.15. The van der Waals surface area contributed by atoms with Crippen LogP contribution in [0.3, 0.4) is 0 Å². The molecule has 7 nitrogen and oxygen atoms in total. The number of benzene rings is 1. The number of carbonyl (C=O) groups excluding carboxylic acids is 1. The lowest BCUT2D eigenvalue weighted by Gasteiger charge is -2.35. The number of nitro groups is 1. The van der Waals surface area contributed by atoms with Gasteiger partial charge in [0.2, 0.25) is 5.91 Å². The lowest BCUT2D eigenvalue weighted by molar-refractivity contribution is -0.385. The highest BCUT2D eigenvalue weighted by Crippen LogP contribution is 2.30. The molecule has 23 heavy (non-hydrogen) atoms. The van der Waals surface area contributed by atoms with Crippen LogP contribution < -0.4 is 10.5 Å². The molecule has 2 N–H and O–H groups in total. The Balaban J connectivity index is 1.92. The number of hydrogen-bond acceptors (Lipinski definition) is 5. The molecule has 1 atom stereocenters. The van der Waals surface area contributed by atoms with E-state index in [2.05, 4.69) is 0 Å². The predicted octanol–water partition coefficient (Wildman–Crippen LogP) is 2.36. The molecular formula is C15H20ClN3O4. The summed E-state index contributed by atoms with van der Waals surface area (Å²) in [7, 11) is 0. The Morgan fingerprint density at radius 3 is 2.96 bits per heavy atom. The Hall–Kier alpha value is -1.86. The molecule has 0 saturated carbocycles. The van der Waals surface area contributed by atoms with E-state index in [9.17, 15) is 14.9 Å². The minimum absolute atomic E-state index is 0.0308. The summed E-state index contributed by atoms with van der Waals surface area (Å²) in [6.07, 6.45) is 3.15. The van der Waals surface area contributed by atoms with Gasteiger partial charge < -0.3 is 15.4 Å². The van der Waals surface area contributed by atoms with E-state index >= 15 is 0 Å². The van der Waals surface area contributed by atoms with Crippen molar-refractivity contribution in [2.75, 3.05) is 19.7 Å². The summed E-state index contributed by atoms with van der Waals surface area (Å²) < 4.78 is 5.40. The zero-order chi connectivity index (χ0) is 16.8. The standard InChI is InChI=1S/C15H20ClN3O4/c16-11-4-5-14(13(9-11)19(21)22)23-8-6-15(20)18-7-2-1-3-12(18)10-17/h4-5,9,12H,1-3,6-8,10,17H2. The first kappa shape index (κ1) is 17.5. The number of nitro benzene ring substituents is 1. The SMILES string of the molecule is NCC1CCCCN1C(=O)CCOc1ccc(Cl)cc1[N+](=O)[O-]. The number of nitrogens with two attached hydrogens (primary N) is 1. The van der Waals surface area contributed by atoms with Crippen molar-refractivity contribution in [1.29, 1.82) is 0 Å². The molecule has 0 aromatic heterocycles. The van der Waals surface area contributed by atoms with Crippen LogP contribution in [0.1, 0.15) is 25.7 Å². The summed E-state index contributed by atoms with van der Waals surface area (Å²) in [5.74, 6) is 0.0815. The molecular weight excluding hydrogens is 322 g/mol. The molecule has 2 rings (SSSR count). The third kappa shape index (κ3) is 4.56. The average molecular weight is 342 g/mol. The summed E-state index contributed by atoms with van der Waals surface area (Å²) in [5.41, 5.74) is 5.50. The quantitative estimate of drug-likeness (QED) is 0.632. The highest BCUT2D eigenvalue weighted by Gasteiger charge is 2.25. The minimum atomic E-state index is -0.557. The Morgan fingerprint density at radius 2 is 2.26 bits per heavy atom. The first-order chi connectivity index (χ1) is 11.0. The van der Waals surface area contributed by atoms with E-state index in [1.54, 1.807) is 4.90 Å². The van der Waals surface area contributed by atoms with Crippen LogP contribution >= 0.6 is 11.6 Å². The molecule has 1 aliphatic heterocycles. The largest absolute Gasteiger partial charge is 0.486 e. The fraction of sp³-hybridized carbons (Fsp3) is 0.533. The van der Waals surface area contributed by atoms with Crippen molar-refractivity contribution >= 4 is 23.2 Å². The molecule has 1 aromatic carbocycles. The van der Waals surface area contributed by atoms with Crippen LogP contribution in [0.15, 0.2) is 18.2 Å². The van der Waals surface area contributed by atoms with Gasteiger partial charge in [0.1, 0.15) is 0 Å². The van der Waals surface area contributed by atoms with Gasteiger partial charge in [-0.15, -0.1) is 0 Å². The van der Waals surface area contributed by atoms with Crippen molar-refractivity contribution in [3.05, 3.63) is 33.3 Å². The fourth-order valence-electron chi connectivity index (χ4n) is 2.72. The van der Waals surface area contributed by atoms with E-state index in [-0.39, 0.29) is 41.4 Å². The fourth-order valence-corrected chi connectivity index (χ4v) is 2.89. The second-order valence-electron chi connectivity index (χ2n) is 5.44. The van der Waals surface area contributed by atoms with Crippen LogP contribution in [0.25, 0.3) is 0 Å². The molecule has 1 aromatic rings. The van der Waals surface area contributed by atoms with Crippen LogP contribution in [0.5, 0.6) is 5.75 Å². The maximum atomic E-state index is 12.3. The number of likely N-dealkylation sites (tertiary alicyclic amines) is 1. The van der Waals surface area contributed by atoms with Crippen LogP contribution in [0.2, 0.25) is 5.02 Å². The Morgan fingerprint density at radius 1 is 1.48 bits per heavy atom. The Bertz CT molecular complexity index is 582. The minimum Gasteiger partial charge on any atom is -0.486 e. The number of rotatable bonds is 6. The predicted molar refractivity (Wildman–Crippen MR) is 86.6 cm³/mol. The number of ether oxygens (including phenoxy) is 1. The molecule has 0 bridgehead atoms. The Labute approximate surface area is 139 Å². The summed E-state index contributed by atoms with van der Waals surface area (Å²) >= 11 is 5.75. The zero-order valence-electron chi connectivity index (χ0n) is 12.7. The van der Waals surface area contributed by atoms with Crippen molar-refractivity contribution in [2.45, 2.75) is 31.7 Å². The summed E-state index contributed by atoms with van der Waals surface area (Å²) in [6.45, 7) is 1.24. The topological polar surface area (TPSA) is 98.7 Å². The molecule has 1 heterocycles. The monoisotopic (exact) mass is 341 g/mol. The first-order valence-corrected chi connectivity index (χ1v) is 7.97. The van der Waals surface area contributed by atoms with Crippen molar-refractivity contribution in [3.8, 4) is 5.75 Å².